The third-order valence-electron chi connectivity index (χ3n) is 6.09. The van der Waals surface area contributed by atoms with Crippen molar-refractivity contribution in [3.8, 4) is 16.3 Å². The molecule has 0 spiro atoms. The monoisotopic (exact) mass is 463 g/mol. The van der Waals surface area contributed by atoms with Crippen molar-refractivity contribution in [2.24, 2.45) is 0 Å². The second-order valence-corrected chi connectivity index (χ2v) is 8.99. The highest BCUT2D eigenvalue weighted by molar-refractivity contribution is 7.13. The van der Waals surface area contributed by atoms with Gasteiger partial charge in [0.1, 0.15) is 22.6 Å². The summed E-state index contributed by atoms with van der Waals surface area (Å²) in [6.07, 6.45) is 5.54. The molecule has 170 valence electrons. The van der Waals surface area contributed by atoms with Crippen molar-refractivity contribution in [1.29, 1.82) is 0 Å². The first kappa shape index (κ1) is 21.8. The molecule has 0 unspecified atom stereocenters. The topological polar surface area (TPSA) is 88.7 Å². The Hall–Kier alpha value is -3.07. The molecular formula is C25H25N3O4S. The van der Waals surface area contributed by atoms with Crippen LogP contribution >= 0.6 is 11.3 Å². The first-order valence-electron chi connectivity index (χ1n) is 11.0. The molecule has 1 aromatic carbocycles. The highest BCUT2D eigenvalue weighted by atomic mass is 32.1. The third-order valence-corrected chi connectivity index (χ3v) is 7.08. The van der Waals surface area contributed by atoms with Crippen LogP contribution in [0.25, 0.3) is 21.5 Å². The summed E-state index contributed by atoms with van der Waals surface area (Å²) in [6, 6.07) is 5.33. The number of ether oxygens (including phenoxy) is 1. The summed E-state index contributed by atoms with van der Waals surface area (Å²) in [4.78, 5) is 24.5. The van der Waals surface area contributed by atoms with E-state index in [1.807, 2.05) is 31.4 Å². The predicted octanol–water partition coefficient (Wildman–Crippen LogP) is 4.31. The van der Waals surface area contributed by atoms with Crippen LogP contribution in [0, 0.1) is 6.92 Å². The van der Waals surface area contributed by atoms with Crippen molar-refractivity contribution in [2.45, 2.75) is 26.3 Å². The number of phenols is 1. The van der Waals surface area contributed by atoms with Crippen LogP contribution in [0.3, 0.4) is 0 Å². The molecule has 3 aromatic heterocycles. The Bertz CT molecular complexity index is 1340. The Morgan fingerprint density at radius 1 is 1.24 bits per heavy atom. The minimum absolute atomic E-state index is 0.142. The lowest BCUT2D eigenvalue weighted by Gasteiger charge is -2.35. The van der Waals surface area contributed by atoms with Crippen molar-refractivity contribution in [1.82, 2.24) is 14.9 Å². The number of hydrogen-bond donors (Lipinski definition) is 1. The van der Waals surface area contributed by atoms with E-state index >= 15 is 0 Å². The summed E-state index contributed by atoms with van der Waals surface area (Å²) in [7, 11) is 0. The molecule has 0 radical (unpaired) electrons. The van der Waals surface area contributed by atoms with E-state index in [1.54, 1.807) is 18.5 Å². The van der Waals surface area contributed by atoms with Crippen LogP contribution < -0.4 is 5.43 Å². The SMILES string of the molecule is CCc1cc2c(=O)c(-c3nc(C)cs3)coc2c([C@H](c2ccncc2)N2CCOCC2)c1O. The number of aromatic nitrogens is 2. The molecule has 7 nitrogen and oxygen atoms in total. The fourth-order valence-electron chi connectivity index (χ4n) is 4.44. The average molecular weight is 464 g/mol. The molecule has 1 N–H and O–H groups in total. The average Bonchev–Trinajstić information content (AvgIpc) is 3.28. The van der Waals surface area contributed by atoms with Gasteiger partial charge in [0, 0.05) is 36.6 Å². The summed E-state index contributed by atoms with van der Waals surface area (Å²) in [5.41, 5.74) is 3.85. The molecule has 5 rings (SSSR count). The second kappa shape index (κ2) is 9.05. The van der Waals surface area contributed by atoms with E-state index in [-0.39, 0.29) is 17.2 Å². The van der Waals surface area contributed by atoms with Crippen molar-refractivity contribution in [2.75, 3.05) is 26.3 Å². The fourth-order valence-corrected chi connectivity index (χ4v) is 5.24. The lowest BCUT2D eigenvalue weighted by molar-refractivity contribution is 0.0236. The molecule has 8 heteroatoms. The summed E-state index contributed by atoms with van der Waals surface area (Å²) in [5.74, 6) is 0.166. The largest absolute Gasteiger partial charge is 0.507 e. The highest BCUT2D eigenvalue weighted by Gasteiger charge is 2.31. The summed E-state index contributed by atoms with van der Waals surface area (Å²) in [6.45, 7) is 6.47. The van der Waals surface area contributed by atoms with Gasteiger partial charge in [0.05, 0.1) is 35.8 Å². The van der Waals surface area contributed by atoms with E-state index in [4.69, 9.17) is 9.15 Å². The number of benzene rings is 1. The van der Waals surface area contributed by atoms with Gasteiger partial charge in [-0.2, -0.15) is 0 Å². The van der Waals surface area contributed by atoms with Gasteiger partial charge in [0.25, 0.3) is 0 Å². The lowest BCUT2D eigenvalue weighted by Crippen LogP contribution is -2.39. The fraction of sp³-hybridized carbons (Fsp3) is 0.320. The molecular weight excluding hydrogens is 438 g/mol. The summed E-state index contributed by atoms with van der Waals surface area (Å²) >= 11 is 1.42. The maximum absolute atomic E-state index is 13.6. The van der Waals surface area contributed by atoms with Crippen LogP contribution in [0.15, 0.2) is 51.4 Å². The maximum atomic E-state index is 13.6. The van der Waals surface area contributed by atoms with E-state index in [1.165, 1.54) is 17.6 Å². The Labute approximate surface area is 195 Å². The molecule has 1 saturated heterocycles. The molecule has 1 aliphatic heterocycles. The van der Waals surface area contributed by atoms with Crippen LogP contribution in [0.4, 0.5) is 0 Å². The standard InChI is InChI=1S/C25H25N3O4S/c1-3-16-12-18-23(30)19(25-27-15(2)14-33-25)13-32-24(18)20(22(16)29)21(17-4-6-26-7-5-17)28-8-10-31-11-9-28/h4-7,12-14,21,29H,3,8-11H2,1-2H3/t21-/m0/s1. The number of morpholine rings is 1. The van der Waals surface area contributed by atoms with Gasteiger partial charge in [-0.15, -0.1) is 11.3 Å². The highest BCUT2D eigenvalue weighted by Crippen LogP contribution is 2.41. The molecule has 0 saturated carbocycles. The van der Waals surface area contributed by atoms with Gasteiger partial charge in [0.15, 0.2) is 0 Å². The minimum Gasteiger partial charge on any atom is -0.507 e. The van der Waals surface area contributed by atoms with Crippen molar-refractivity contribution < 1.29 is 14.3 Å². The zero-order valence-electron chi connectivity index (χ0n) is 18.6. The second-order valence-electron chi connectivity index (χ2n) is 8.13. The van der Waals surface area contributed by atoms with E-state index in [0.29, 0.717) is 65.4 Å². The Morgan fingerprint density at radius 2 is 2.00 bits per heavy atom. The van der Waals surface area contributed by atoms with Crippen molar-refractivity contribution >= 4 is 22.3 Å². The smallest absolute Gasteiger partial charge is 0.202 e. The van der Waals surface area contributed by atoms with Crippen LogP contribution in [0.5, 0.6) is 5.75 Å². The van der Waals surface area contributed by atoms with Gasteiger partial charge >= 0.3 is 0 Å². The van der Waals surface area contributed by atoms with Crippen molar-refractivity contribution in [3.63, 3.8) is 0 Å². The zero-order valence-corrected chi connectivity index (χ0v) is 19.4. The van der Waals surface area contributed by atoms with Gasteiger partial charge < -0.3 is 14.3 Å². The molecule has 0 bridgehead atoms. The van der Waals surface area contributed by atoms with Gasteiger partial charge in [-0.1, -0.05) is 6.92 Å². The maximum Gasteiger partial charge on any atom is 0.202 e. The van der Waals surface area contributed by atoms with Crippen LogP contribution in [0.1, 0.15) is 35.3 Å². The van der Waals surface area contributed by atoms with Gasteiger partial charge in [-0.05, 0) is 42.7 Å². The lowest BCUT2D eigenvalue weighted by atomic mass is 9.91. The summed E-state index contributed by atoms with van der Waals surface area (Å²) < 4.78 is 11.7. The van der Waals surface area contributed by atoms with Gasteiger partial charge in [-0.25, -0.2) is 4.98 Å². The van der Waals surface area contributed by atoms with Crippen LogP contribution in [-0.2, 0) is 11.2 Å². The number of hydrogen-bond acceptors (Lipinski definition) is 8. The van der Waals surface area contributed by atoms with Crippen molar-refractivity contribution in [3.05, 3.63) is 74.8 Å². The molecule has 33 heavy (non-hydrogen) atoms. The van der Waals surface area contributed by atoms with E-state index < -0.39 is 0 Å². The van der Waals surface area contributed by atoms with E-state index in [2.05, 4.69) is 14.9 Å². The van der Waals surface area contributed by atoms with E-state index in [9.17, 15) is 9.90 Å². The normalized spacial score (nSPS) is 15.7. The molecule has 0 amide bonds. The number of pyridine rings is 1. The number of phenolic OH excluding ortho intramolecular Hbond substituents is 1. The number of thiazole rings is 1. The first-order valence-corrected chi connectivity index (χ1v) is 11.9. The van der Waals surface area contributed by atoms with Crippen LogP contribution in [0.2, 0.25) is 0 Å². The Balaban J connectivity index is 1.79. The Morgan fingerprint density at radius 3 is 2.67 bits per heavy atom. The Kier molecular flexibility index (Phi) is 5.97. The molecule has 4 heterocycles. The number of aryl methyl sites for hydroxylation is 2. The minimum atomic E-state index is -0.304. The quantitative estimate of drug-likeness (QED) is 0.472. The molecule has 4 aromatic rings. The predicted molar refractivity (Wildman–Crippen MR) is 128 cm³/mol. The number of aromatic hydroxyl groups is 1. The number of fused-ring (bicyclic) bond motifs is 1. The third kappa shape index (κ3) is 3.94. The summed E-state index contributed by atoms with van der Waals surface area (Å²) in [5, 5.41) is 14.4. The molecule has 0 aliphatic carbocycles. The van der Waals surface area contributed by atoms with E-state index in [0.717, 1.165) is 11.3 Å². The molecule has 1 fully saturated rings. The van der Waals surface area contributed by atoms with Crippen LogP contribution in [-0.4, -0.2) is 46.3 Å². The first-order chi connectivity index (χ1) is 16.1. The van der Waals surface area contributed by atoms with Gasteiger partial charge in [-0.3, -0.25) is 14.7 Å². The molecule has 1 aliphatic rings. The molecule has 1 atom stereocenters. The zero-order chi connectivity index (χ0) is 22.9. The van der Waals surface area contributed by atoms with Gasteiger partial charge in [0.2, 0.25) is 5.43 Å². The number of rotatable bonds is 5. The number of nitrogens with zero attached hydrogens (tertiary/aromatic N) is 3.